The molecule has 0 aromatic carbocycles. The Hall–Kier alpha value is -0.590. The van der Waals surface area contributed by atoms with E-state index in [9.17, 15) is 0 Å². The average molecular weight is 182 g/mol. The maximum absolute atomic E-state index is 8.90. The van der Waals surface area contributed by atoms with Gasteiger partial charge in [-0.3, -0.25) is 0 Å². The Balaban J connectivity index is 2.23. The Kier molecular flexibility index (Phi) is 2.94. The normalized spacial score (nSPS) is 20.5. The maximum Gasteiger partial charge on any atom is 0.116 e. The van der Waals surface area contributed by atoms with Crippen LogP contribution in [-0.4, -0.2) is 26.3 Å². The summed E-state index contributed by atoms with van der Waals surface area (Å²) in [7, 11) is 0. The summed E-state index contributed by atoms with van der Waals surface area (Å²) in [5.41, 5.74) is 0.0342. The Bertz CT molecular complexity index is 208. The van der Waals surface area contributed by atoms with Crippen molar-refractivity contribution in [3.8, 4) is 6.07 Å². The van der Waals surface area contributed by atoms with E-state index >= 15 is 0 Å². The van der Waals surface area contributed by atoms with Crippen molar-refractivity contribution >= 4 is 0 Å². The van der Waals surface area contributed by atoms with Crippen LogP contribution >= 0.6 is 0 Å². The van der Waals surface area contributed by atoms with Crippen LogP contribution in [0.5, 0.6) is 0 Å². The molecule has 0 aliphatic carbocycles. The standard InChI is InChI=1S/C10H18N2O/c1-9(2,3)5-12-6-10(4-11)7-13-8-10/h12H,5-8H2,1-3H3. The van der Waals surface area contributed by atoms with E-state index in [4.69, 9.17) is 10.00 Å². The van der Waals surface area contributed by atoms with Crippen molar-refractivity contribution in [1.29, 1.82) is 5.26 Å². The van der Waals surface area contributed by atoms with Crippen LogP contribution in [0.15, 0.2) is 0 Å². The highest BCUT2D eigenvalue weighted by Gasteiger charge is 2.38. The lowest BCUT2D eigenvalue weighted by atomic mass is 9.87. The number of ether oxygens (including phenoxy) is 1. The molecule has 0 unspecified atom stereocenters. The predicted molar refractivity (Wildman–Crippen MR) is 51.2 cm³/mol. The summed E-state index contributed by atoms with van der Waals surface area (Å²) >= 11 is 0. The average Bonchev–Trinajstić information content (AvgIpc) is 1.92. The van der Waals surface area contributed by atoms with E-state index in [1.807, 2.05) is 0 Å². The van der Waals surface area contributed by atoms with E-state index in [-0.39, 0.29) is 10.8 Å². The zero-order valence-electron chi connectivity index (χ0n) is 8.68. The molecule has 0 amide bonds. The molecule has 0 spiro atoms. The molecule has 3 nitrogen and oxygen atoms in total. The molecule has 74 valence electrons. The molecule has 1 rings (SSSR count). The summed E-state index contributed by atoms with van der Waals surface area (Å²) in [4.78, 5) is 0. The quantitative estimate of drug-likeness (QED) is 0.712. The molecule has 0 aromatic heterocycles. The van der Waals surface area contributed by atoms with Crippen molar-refractivity contribution in [3.05, 3.63) is 0 Å². The van der Waals surface area contributed by atoms with Gasteiger partial charge in [-0.25, -0.2) is 0 Å². The monoisotopic (exact) mass is 182 g/mol. The first kappa shape index (κ1) is 10.5. The Labute approximate surface area is 80.1 Å². The van der Waals surface area contributed by atoms with Gasteiger partial charge in [0.25, 0.3) is 0 Å². The highest BCUT2D eigenvalue weighted by Crippen LogP contribution is 2.25. The van der Waals surface area contributed by atoms with Crippen LogP contribution in [0.25, 0.3) is 0 Å². The molecule has 1 heterocycles. The first-order valence-electron chi connectivity index (χ1n) is 4.67. The topological polar surface area (TPSA) is 45.0 Å². The smallest absolute Gasteiger partial charge is 0.116 e. The van der Waals surface area contributed by atoms with Gasteiger partial charge in [0.1, 0.15) is 5.41 Å². The lowest BCUT2D eigenvalue weighted by Crippen LogP contribution is -2.49. The van der Waals surface area contributed by atoms with Gasteiger partial charge < -0.3 is 10.1 Å². The third-order valence-electron chi connectivity index (χ3n) is 2.11. The van der Waals surface area contributed by atoms with Crippen LogP contribution in [-0.2, 0) is 4.74 Å². The van der Waals surface area contributed by atoms with Gasteiger partial charge in [-0.05, 0) is 5.41 Å². The molecule has 0 saturated carbocycles. The summed E-state index contributed by atoms with van der Waals surface area (Å²) in [6.07, 6.45) is 0. The van der Waals surface area contributed by atoms with Crippen LogP contribution in [0.1, 0.15) is 20.8 Å². The summed E-state index contributed by atoms with van der Waals surface area (Å²) in [6.45, 7) is 9.39. The maximum atomic E-state index is 8.90. The molecule has 1 saturated heterocycles. The Morgan fingerprint density at radius 2 is 2.08 bits per heavy atom. The molecule has 1 aliphatic heterocycles. The lowest BCUT2D eigenvalue weighted by molar-refractivity contribution is -0.0759. The number of nitriles is 1. The van der Waals surface area contributed by atoms with Crippen molar-refractivity contribution < 1.29 is 4.74 Å². The van der Waals surface area contributed by atoms with Crippen molar-refractivity contribution in [1.82, 2.24) is 5.32 Å². The highest BCUT2D eigenvalue weighted by molar-refractivity contribution is 5.05. The first-order chi connectivity index (χ1) is 5.97. The van der Waals surface area contributed by atoms with Gasteiger partial charge in [-0.1, -0.05) is 20.8 Å². The van der Waals surface area contributed by atoms with Gasteiger partial charge in [0.2, 0.25) is 0 Å². The molecule has 0 bridgehead atoms. The molecule has 0 radical (unpaired) electrons. The number of nitrogens with zero attached hydrogens (tertiary/aromatic N) is 1. The van der Waals surface area contributed by atoms with E-state index < -0.39 is 0 Å². The molecule has 1 N–H and O–H groups in total. The molecule has 1 aliphatic rings. The second kappa shape index (κ2) is 3.65. The zero-order chi connectivity index (χ0) is 9.95. The first-order valence-corrected chi connectivity index (χ1v) is 4.67. The third kappa shape index (κ3) is 2.98. The van der Waals surface area contributed by atoms with Crippen LogP contribution in [0.2, 0.25) is 0 Å². The van der Waals surface area contributed by atoms with Crippen molar-refractivity contribution in [3.63, 3.8) is 0 Å². The largest absolute Gasteiger partial charge is 0.378 e. The molecule has 3 heteroatoms. The van der Waals surface area contributed by atoms with E-state index in [1.165, 1.54) is 0 Å². The molecule has 0 aromatic rings. The minimum Gasteiger partial charge on any atom is -0.378 e. The second-order valence-corrected chi connectivity index (χ2v) is 5.05. The lowest BCUT2D eigenvalue weighted by Gasteiger charge is -2.35. The van der Waals surface area contributed by atoms with Gasteiger partial charge >= 0.3 is 0 Å². The van der Waals surface area contributed by atoms with E-state index in [1.54, 1.807) is 0 Å². The van der Waals surface area contributed by atoms with Crippen molar-refractivity contribution in [2.75, 3.05) is 26.3 Å². The van der Waals surface area contributed by atoms with Gasteiger partial charge in [0, 0.05) is 13.1 Å². The second-order valence-electron chi connectivity index (χ2n) is 5.05. The number of nitrogens with one attached hydrogen (secondary N) is 1. The van der Waals surface area contributed by atoms with Gasteiger partial charge in [-0.2, -0.15) is 5.26 Å². The summed E-state index contributed by atoms with van der Waals surface area (Å²) < 4.78 is 5.05. The van der Waals surface area contributed by atoms with Crippen LogP contribution in [0.4, 0.5) is 0 Å². The summed E-state index contributed by atoms with van der Waals surface area (Å²) in [5.74, 6) is 0. The van der Waals surface area contributed by atoms with E-state index in [0.29, 0.717) is 13.2 Å². The van der Waals surface area contributed by atoms with Crippen LogP contribution < -0.4 is 5.32 Å². The number of rotatable bonds is 3. The van der Waals surface area contributed by atoms with E-state index in [0.717, 1.165) is 13.1 Å². The molecular formula is C10H18N2O. The van der Waals surface area contributed by atoms with E-state index in [2.05, 4.69) is 32.2 Å². The molecular weight excluding hydrogens is 164 g/mol. The van der Waals surface area contributed by atoms with Crippen molar-refractivity contribution in [2.45, 2.75) is 20.8 Å². The van der Waals surface area contributed by atoms with Gasteiger partial charge in [-0.15, -0.1) is 0 Å². The highest BCUT2D eigenvalue weighted by atomic mass is 16.5. The Morgan fingerprint density at radius 1 is 1.46 bits per heavy atom. The number of hydrogen-bond donors (Lipinski definition) is 1. The Morgan fingerprint density at radius 3 is 2.38 bits per heavy atom. The minimum absolute atomic E-state index is 0.245. The fourth-order valence-corrected chi connectivity index (χ4v) is 1.23. The minimum atomic E-state index is -0.245. The van der Waals surface area contributed by atoms with Crippen LogP contribution in [0.3, 0.4) is 0 Å². The fraction of sp³-hybridized carbons (Fsp3) is 0.900. The summed E-state index contributed by atoms with van der Waals surface area (Å²) in [6, 6.07) is 2.31. The van der Waals surface area contributed by atoms with Gasteiger partial charge in [0.05, 0.1) is 19.3 Å². The van der Waals surface area contributed by atoms with Crippen molar-refractivity contribution in [2.24, 2.45) is 10.8 Å². The molecule has 1 fully saturated rings. The SMILES string of the molecule is CC(C)(C)CNCC1(C#N)COC1. The predicted octanol–water partition coefficient (Wildman–Crippen LogP) is 1.16. The van der Waals surface area contributed by atoms with Gasteiger partial charge in [0.15, 0.2) is 0 Å². The number of hydrogen-bond acceptors (Lipinski definition) is 3. The third-order valence-corrected chi connectivity index (χ3v) is 2.11. The molecule has 0 atom stereocenters. The zero-order valence-corrected chi connectivity index (χ0v) is 8.68. The fourth-order valence-electron chi connectivity index (χ4n) is 1.23. The summed E-state index contributed by atoms with van der Waals surface area (Å²) in [5, 5.41) is 12.2. The van der Waals surface area contributed by atoms with Crippen LogP contribution in [0, 0.1) is 22.2 Å². The molecule has 13 heavy (non-hydrogen) atoms.